The summed E-state index contributed by atoms with van der Waals surface area (Å²) < 4.78 is 17.9. The van der Waals surface area contributed by atoms with Gasteiger partial charge in [0, 0.05) is 35.2 Å². The molecular formula is C40H49ClN6O8S. The molecule has 3 saturated carbocycles. The molecule has 16 heteroatoms. The van der Waals surface area contributed by atoms with Crippen LogP contribution in [0.2, 0.25) is 5.02 Å². The Labute approximate surface area is 334 Å². The number of thiazole rings is 1. The minimum Gasteiger partial charge on any atom is -0.495 e. The number of carbonyl (C=O) groups is 4. The number of nitrogens with zero attached hydrogens (tertiary/aromatic N) is 3. The van der Waals surface area contributed by atoms with E-state index in [9.17, 15) is 24.3 Å². The van der Waals surface area contributed by atoms with Crippen molar-refractivity contribution in [3.63, 3.8) is 0 Å². The van der Waals surface area contributed by atoms with Gasteiger partial charge < -0.3 is 40.2 Å². The molecule has 8 atom stereocenters. The Morgan fingerprint density at radius 1 is 1.07 bits per heavy atom. The van der Waals surface area contributed by atoms with Crippen molar-refractivity contribution in [2.75, 3.05) is 19.0 Å². The summed E-state index contributed by atoms with van der Waals surface area (Å²) in [4.78, 5) is 65.4. The van der Waals surface area contributed by atoms with Gasteiger partial charge in [0.15, 0.2) is 5.13 Å². The average Bonchev–Trinajstić information content (AvgIpc) is 3.80. The van der Waals surface area contributed by atoms with Gasteiger partial charge in [0.25, 0.3) is 0 Å². The van der Waals surface area contributed by atoms with Gasteiger partial charge in [-0.05, 0) is 68.9 Å². The fourth-order valence-electron chi connectivity index (χ4n) is 8.05. The van der Waals surface area contributed by atoms with E-state index in [1.165, 1.54) is 35.8 Å². The third-order valence-electron chi connectivity index (χ3n) is 11.3. The van der Waals surface area contributed by atoms with E-state index in [1.54, 1.807) is 18.2 Å². The molecule has 0 spiro atoms. The van der Waals surface area contributed by atoms with Crippen molar-refractivity contribution in [1.29, 1.82) is 0 Å². The molecule has 300 valence electrons. The number of methoxy groups -OCH3 is 1. The maximum atomic E-state index is 14.7. The smallest absolute Gasteiger partial charge is 0.408 e. The van der Waals surface area contributed by atoms with Crippen LogP contribution < -0.4 is 25.4 Å². The van der Waals surface area contributed by atoms with Crippen molar-refractivity contribution in [3.8, 4) is 22.9 Å². The zero-order valence-electron chi connectivity index (χ0n) is 32.4. The quantitative estimate of drug-likeness (QED) is 0.143. The number of benzene rings is 1. The number of ether oxygens (including phenoxy) is 3. The molecule has 3 amide bonds. The first-order valence-electron chi connectivity index (χ1n) is 19.0. The molecule has 0 bridgehead atoms. The number of alkyl carbamates (subject to hydrolysis) is 1. The van der Waals surface area contributed by atoms with Gasteiger partial charge in [-0.15, -0.1) is 17.9 Å². The Morgan fingerprint density at radius 2 is 1.80 bits per heavy atom. The number of hydrogen-bond acceptors (Lipinski definition) is 11. The van der Waals surface area contributed by atoms with Gasteiger partial charge in [0.2, 0.25) is 11.8 Å². The minimum atomic E-state index is -1.53. The van der Waals surface area contributed by atoms with Crippen molar-refractivity contribution < 1.29 is 38.5 Å². The molecule has 2 aromatic heterocycles. The van der Waals surface area contributed by atoms with Crippen LogP contribution in [0.4, 0.5) is 9.93 Å². The van der Waals surface area contributed by atoms with E-state index in [1.807, 2.05) is 40.0 Å². The first kappa shape index (κ1) is 39.6. The van der Waals surface area contributed by atoms with Crippen LogP contribution >= 0.6 is 22.9 Å². The summed E-state index contributed by atoms with van der Waals surface area (Å²) in [5.41, 5.74) is -0.830. The number of nitrogens with one attached hydrogen (secondary N) is 3. The maximum absolute atomic E-state index is 14.7. The fraction of sp³-hybridized carbons (Fsp3) is 0.550. The Hall–Kier alpha value is -4.63. The second-order valence-corrected chi connectivity index (χ2v) is 18.0. The topological polar surface area (TPSA) is 181 Å². The van der Waals surface area contributed by atoms with E-state index in [0.717, 1.165) is 12.8 Å². The predicted molar refractivity (Wildman–Crippen MR) is 212 cm³/mol. The van der Waals surface area contributed by atoms with Crippen LogP contribution in [0.5, 0.6) is 11.5 Å². The number of carboxylic acid groups (broad SMARTS) is 1. The lowest BCUT2D eigenvalue weighted by atomic mass is 9.85. The molecule has 1 aromatic carbocycles. The number of amides is 3. The molecule has 7 rings (SSSR count). The van der Waals surface area contributed by atoms with Crippen molar-refractivity contribution in [2.45, 2.75) is 103 Å². The van der Waals surface area contributed by atoms with Crippen molar-refractivity contribution in [2.24, 2.45) is 23.2 Å². The average molecular weight is 809 g/mol. The van der Waals surface area contributed by atoms with Crippen molar-refractivity contribution in [1.82, 2.24) is 25.5 Å². The van der Waals surface area contributed by atoms with Crippen LogP contribution in [-0.4, -0.2) is 93.4 Å². The first-order chi connectivity index (χ1) is 26.5. The van der Waals surface area contributed by atoms with Crippen molar-refractivity contribution >= 4 is 62.8 Å². The third-order valence-corrected chi connectivity index (χ3v) is 12.4. The molecule has 0 radical (unpaired) electrons. The van der Waals surface area contributed by atoms with Gasteiger partial charge in [-0.3, -0.25) is 9.59 Å². The number of aliphatic carboxylic acids is 1. The summed E-state index contributed by atoms with van der Waals surface area (Å²) in [5, 5.41) is 22.4. The largest absolute Gasteiger partial charge is 0.495 e. The number of carboxylic acids is 1. The minimum absolute atomic E-state index is 0.0282. The molecule has 3 heterocycles. The van der Waals surface area contributed by atoms with Gasteiger partial charge in [0.1, 0.15) is 52.0 Å². The number of aromatic nitrogens is 2. The number of carbonyl (C=O) groups excluding carboxylic acids is 3. The Morgan fingerprint density at radius 3 is 2.43 bits per heavy atom. The molecule has 14 nitrogen and oxygen atoms in total. The molecule has 1 saturated heterocycles. The number of likely N-dealkylation sites (tertiary alicyclic amines) is 1. The van der Waals surface area contributed by atoms with Crippen LogP contribution in [0.3, 0.4) is 0 Å². The molecule has 3 aliphatic carbocycles. The van der Waals surface area contributed by atoms with Gasteiger partial charge in [-0.1, -0.05) is 38.4 Å². The molecule has 3 aromatic rings. The molecule has 4 aliphatic rings. The Kier molecular flexibility index (Phi) is 10.6. The summed E-state index contributed by atoms with van der Waals surface area (Å²) in [5.74, 6) is -0.804. The monoisotopic (exact) mass is 808 g/mol. The lowest BCUT2D eigenvalue weighted by Crippen LogP contribution is -2.59. The number of hydrogen-bond donors (Lipinski definition) is 4. The summed E-state index contributed by atoms with van der Waals surface area (Å²) in [7, 11) is 1.51. The zero-order chi connectivity index (χ0) is 40.3. The van der Waals surface area contributed by atoms with Gasteiger partial charge in [0.05, 0.1) is 24.9 Å². The molecular weight excluding hydrogens is 760 g/mol. The van der Waals surface area contributed by atoms with Crippen LogP contribution in [0.15, 0.2) is 36.2 Å². The zero-order valence-corrected chi connectivity index (χ0v) is 34.0. The first-order valence-corrected chi connectivity index (χ1v) is 20.3. The summed E-state index contributed by atoms with van der Waals surface area (Å²) >= 11 is 8.24. The van der Waals surface area contributed by atoms with Gasteiger partial charge >= 0.3 is 12.1 Å². The number of anilines is 1. The van der Waals surface area contributed by atoms with E-state index in [-0.39, 0.29) is 36.6 Å². The van der Waals surface area contributed by atoms with Crippen LogP contribution in [0.1, 0.15) is 66.7 Å². The lowest BCUT2D eigenvalue weighted by molar-refractivity contribution is -0.146. The summed E-state index contributed by atoms with van der Waals surface area (Å²) in [6, 6.07) is 3.20. The highest BCUT2D eigenvalue weighted by atomic mass is 35.5. The van der Waals surface area contributed by atoms with Gasteiger partial charge in [-0.2, -0.15) is 0 Å². The fourth-order valence-corrected chi connectivity index (χ4v) is 9.18. The van der Waals surface area contributed by atoms with Crippen LogP contribution in [0.25, 0.3) is 22.3 Å². The van der Waals surface area contributed by atoms with Crippen LogP contribution in [0, 0.1) is 23.2 Å². The van der Waals surface area contributed by atoms with E-state index < -0.39 is 58.9 Å². The van der Waals surface area contributed by atoms with E-state index >= 15 is 0 Å². The summed E-state index contributed by atoms with van der Waals surface area (Å²) in [6.07, 6.45) is 2.89. The standard InChI is InChI=1S/C40H49ClN6O8S/c1-8-22-16-40(22,36(50)51)46-34(48)28-14-24(17-47(28)35(49)33(39(4,5)6)45-38(52)55-23-12-20-11-21(20)13-23)54-30-15-26(27-18-56-37(44-27)42-19(2)3)43-32-25(30)9-10-29(53-7)31(32)41/h8-10,15,18-24,28,33H,1,11-14,16-17H2,2-7H3,(H,42,44)(H,45,52)(H,46,48)(H,50,51)/t20-,21+,22-,23+,24-,28+,33-,40-/m1/s1. The number of pyridine rings is 1. The van der Waals surface area contributed by atoms with Crippen molar-refractivity contribution in [3.05, 3.63) is 41.3 Å². The second kappa shape index (κ2) is 15.0. The molecule has 0 unspecified atom stereocenters. The highest BCUT2D eigenvalue weighted by molar-refractivity contribution is 7.14. The number of halogens is 1. The predicted octanol–water partition coefficient (Wildman–Crippen LogP) is 6.27. The normalized spacial score (nSPS) is 27.0. The third kappa shape index (κ3) is 7.84. The maximum Gasteiger partial charge on any atom is 0.408 e. The SMILES string of the molecule is C=C[C@@H]1C[C@]1(NC(=O)[C@@H]1C[C@@H](Oc2cc(-c3csc(NC(C)C)n3)nc3c(Cl)c(OC)ccc23)CN1C(=O)[C@@H](NC(=O)O[C@@H]1C[C@@H]2C[C@@H]2C1)C(C)(C)C)C(=O)O. The van der Waals surface area contributed by atoms with E-state index in [2.05, 4.69) is 22.5 Å². The highest BCUT2D eigenvalue weighted by Crippen LogP contribution is 2.52. The Bertz CT molecular complexity index is 2060. The van der Waals surface area contributed by atoms with Gasteiger partial charge in [-0.25, -0.2) is 19.6 Å². The summed E-state index contributed by atoms with van der Waals surface area (Å²) in [6.45, 7) is 13.2. The van der Waals surface area contributed by atoms with E-state index in [4.69, 9.17) is 35.8 Å². The molecule has 4 N–H and O–H groups in total. The number of fused-ring (bicyclic) bond motifs is 2. The van der Waals surface area contributed by atoms with Crippen LogP contribution in [-0.2, 0) is 19.1 Å². The number of rotatable bonds is 13. The molecule has 1 aliphatic heterocycles. The van der Waals surface area contributed by atoms with E-state index in [0.29, 0.717) is 50.8 Å². The highest BCUT2D eigenvalue weighted by Gasteiger charge is 2.61. The Balaban J connectivity index is 1.20. The molecule has 4 fully saturated rings. The second-order valence-electron chi connectivity index (χ2n) is 16.8. The molecule has 56 heavy (non-hydrogen) atoms. The lowest BCUT2D eigenvalue weighted by Gasteiger charge is -2.35.